The van der Waals surface area contributed by atoms with Crippen molar-refractivity contribution < 1.29 is 31.9 Å². The van der Waals surface area contributed by atoms with E-state index in [1.165, 1.54) is 49.6 Å². The van der Waals surface area contributed by atoms with Gasteiger partial charge in [0, 0.05) is 11.1 Å². The van der Waals surface area contributed by atoms with Crippen LogP contribution in [0, 0.1) is 0 Å². The molecule has 0 amide bonds. The third-order valence-corrected chi connectivity index (χ3v) is 5.04. The van der Waals surface area contributed by atoms with Crippen molar-refractivity contribution in [3.8, 4) is 22.6 Å². The summed E-state index contributed by atoms with van der Waals surface area (Å²) in [5.41, 5.74) is -1.76. The highest BCUT2D eigenvalue weighted by molar-refractivity contribution is 6.30. The van der Waals surface area contributed by atoms with E-state index in [1.807, 2.05) is 0 Å². The molecule has 0 radical (unpaired) electrons. The molecule has 0 unspecified atom stereocenters. The summed E-state index contributed by atoms with van der Waals surface area (Å²) in [5.74, 6) is -2.09. The van der Waals surface area contributed by atoms with Crippen molar-refractivity contribution in [2.24, 2.45) is 0 Å². The van der Waals surface area contributed by atoms with Crippen LogP contribution in [0.4, 0.5) is 13.2 Å². The van der Waals surface area contributed by atoms with Crippen molar-refractivity contribution in [1.82, 2.24) is 0 Å². The van der Waals surface area contributed by atoms with Gasteiger partial charge in [-0.15, -0.1) is 0 Å². The van der Waals surface area contributed by atoms with Crippen LogP contribution in [-0.2, 0) is 6.18 Å². The number of hydrogen-bond acceptors (Lipinski definition) is 5. The fraction of sp³-hybridized carbons (Fsp3) is 0.0833. The molecule has 1 aromatic heterocycles. The lowest BCUT2D eigenvalue weighted by Gasteiger charge is -2.13. The molecule has 0 aliphatic heterocycles. The van der Waals surface area contributed by atoms with Gasteiger partial charge in [0.2, 0.25) is 11.2 Å². The normalized spacial score (nSPS) is 11.4. The van der Waals surface area contributed by atoms with Gasteiger partial charge in [0.1, 0.15) is 22.6 Å². The largest absolute Gasteiger partial charge is 0.496 e. The van der Waals surface area contributed by atoms with Crippen LogP contribution >= 0.6 is 11.6 Å². The van der Waals surface area contributed by atoms with E-state index < -0.39 is 28.9 Å². The Morgan fingerprint density at radius 2 is 1.70 bits per heavy atom. The third-order valence-electron chi connectivity index (χ3n) is 4.79. The zero-order valence-corrected chi connectivity index (χ0v) is 17.7. The lowest BCUT2D eigenvalue weighted by molar-refractivity contribution is -0.152. The molecule has 5 nitrogen and oxygen atoms in total. The number of hydrogen-bond donors (Lipinski definition) is 0. The maximum absolute atomic E-state index is 13.8. The number of carbonyl (C=O) groups is 1. The van der Waals surface area contributed by atoms with Gasteiger partial charge in [-0.25, -0.2) is 4.79 Å². The van der Waals surface area contributed by atoms with E-state index in [1.54, 1.807) is 18.2 Å². The monoisotopic (exact) mass is 474 g/mol. The molecule has 33 heavy (non-hydrogen) atoms. The Kier molecular flexibility index (Phi) is 5.86. The van der Waals surface area contributed by atoms with Crippen LogP contribution in [0.25, 0.3) is 22.1 Å². The van der Waals surface area contributed by atoms with Gasteiger partial charge >= 0.3 is 12.1 Å². The Morgan fingerprint density at radius 3 is 2.36 bits per heavy atom. The van der Waals surface area contributed by atoms with Gasteiger partial charge in [0.25, 0.3) is 0 Å². The summed E-state index contributed by atoms with van der Waals surface area (Å²) in [4.78, 5) is 25.5. The zero-order chi connectivity index (χ0) is 23.8. The van der Waals surface area contributed by atoms with Gasteiger partial charge in [-0.05, 0) is 42.0 Å². The molecule has 0 atom stereocenters. The number of para-hydroxylation sites is 1. The Balaban J connectivity index is 1.81. The van der Waals surface area contributed by atoms with Gasteiger partial charge in [-0.3, -0.25) is 4.79 Å². The summed E-state index contributed by atoms with van der Waals surface area (Å²) in [5, 5.41) is 0.198. The molecular weight excluding hydrogens is 461 g/mol. The molecule has 1 heterocycles. The van der Waals surface area contributed by atoms with Crippen LogP contribution in [0.3, 0.4) is 0 Å². The van der Waals surface area contributed by atoms with Crippen LogP contribution < -0.4 is 14.9 Å². The van der Waals surface area contributed by atoms with E-state index >= 15 is 0 Å². The van der Waals surface area contributed by atoms with E-state index in [0.29, 0.717) is 5.02 Å². The molecule has 0 aliphatic rings. The topological polar surface area (TPSA) is 65.7 Å². The molecule has 4 aromatic rings. The summed E-state index contributed by atoms with van der Waals surface area (Å²) in [7, 11) is 1.38. The van der Waals surface area contributed by atoms with Crippen molar-refractivity contribution >= 4 is 28.5 Å². The number of methoxy groups -OCH3 is 1. The summed E-state index contributed by atoms with van der Waals surface area (Å²) >= 11 is 5.81. The van der Waals surface area contributed by atoms with Crippen molar-refractivity contribution in [3.05, 3.63) is 93.3 Å². The minimum absolute atomic E-state index is 0.00838. The second-order valence-corrected chi connectivity index (χ2v) is 7.32. The van der Waals surface area contributed by atoms with E-state index in [0.717, 1.165) is 6.07 Å². The number of ether oxygens (including phenoxy) is 2. The van der Waals surface area contributed by atoms with Gasteiger partial charge in [0.05, 0.1) is 18.1 Å². The Labute approximate surface area is 189 Å². The Morgan fingerprint density at radius 1 is 1.00 bits per heavy atom. The van der Waals surface area contributed by atoms with E-state index in [-0.39, 0.29) is 33.6 Å². The van der Waals surface area contributed by atoms with Crippen LogP contribution in [0.2, 0.25) is 5.02 Å². The second-order valence-electron chi connectivity index (χ2n) is 6.89. The standard InChI is InChI=1S/C24H14ClF3O5/c1-31-18-5-3-2-4-17(18)23(30)32-15-10-11-16-19(12-15)33-22(24(26,27)28)20(21(16)29)13-6-8-14(25)9-7-13/h2-12H,1H3. The first kappa shape index (κ1) is 22.4. The maximum atomic E-state index is 13.8. The second kappa shape index (κ2) is 8.63. The average molecular weight is 475 g/mol. The first-order chi connectivity index (χ1) is 15.7. The number of fused-ring (bicyclic) bond motifs is 1. The van der Waals surface area contributed by atoms with Crippen LogP contribution in [0.5, 0.6) is 11.5 Å². The quantitative estimate of drug-likeness (QED) is 0.254. The van der Waals surface area contributed by atoms with Crippen molar-refractivity contribution in [2.75, 3.05) is 7.11 Å². The van der Waals surface area contributed by atoms with Crippen molar-refractivity contribution in [1.29, 1.82) is 0 Å². The molecule has 0 bridgehead atoms. The maximum Gasteiger partial charge on any atom is 0.450 e. The molecule has 0 spiro atoms. The first-order valence-electron chi connectivity index (χ1n) is 9.48. The van der Waals surface area contributed by atoms with Gasteiger partial charge in [-0.1, -0.05) is 35.9 Å². The number of rotatable bonds is 4. The predicted molar refractivity (Wildman–Crippen MR) is 116 cm³/mol. The van der Waals surface area contributed by atoms with E-state index in [2.05, 4.69) is 0 Å². The number of benzene rings is 3. The van der Waals surface area contributed by atoms with Crippen LogP contribution in [-0.4, -0.2) is 13.1 Å². The lowest BCUT2D eigenvalue weighted by Crippen LogP contribution is -2.16. The molecule has 168 valence electrons. The summed E-state index contributed by atoms with van der Waals surface area (Å²) < 4.78 is 56.8. The molecule has 0 fully saturated rings. The van der Waals surface area contributed by atoms with Crippen molar-refractivity contribution in [3.63, 3.8) is 0 Å². The van der Waals surface area contributed by atoms with E-state index in [9.17, 15) is 22.8 Å². The van der Waals surface area contributed by atoms with Gasteiger partial charge < -0.3 is 13.9 Å². The van der Waals surface area contributed by atoms with Gasteiger partial charge in [-0.2, -0.15) is 13.2 Å². The third kappa shape index (κ3) is 4.42. The predicted octanol–water partition coefficient (Wildman–Crippen LogP) is 6.36. The Hall–Kier alpha value is -3.78. The number of halogens is 4. The highest BCUT2D eigenvalue weighted by atomic mass is 35.5. The molecule has 0 aliphatic carbocycles. The van der Waals surface area contributed by atoms with E-state index in [4.69, 9.17) is 25.5 Å². The highest BCUT2D eigenvalue weighted by Crippen LogP contribution is 2.38. The fourth-order valence-corrected chi connectivity index (χ4v) is 3.42. The number of carbonyl (C=O) groups excluding carboxylic acids is 1. The summed E-state index contributed by atoms with van der Waals surface area (Å²) in [6.45, 7) is 0. The van der Waals surface area contributed by atoms with Gasteiger partial charge in [0.15, 0.2) is 0 Å². The smallest absolute Gasteiger partial charge is 0.450 e. The number of alkyl halides is 3. The first-order valence-corrected chi connectivity index (χ1v) is 9.86. The summed E-state index contributed by atoms with van der Waals surface area (Å²) in [6.07, 6.45) is -4.95. The van der Waals surface area contributed by atoms with Crippen LogP contribution in [0.15, 0.2) is 75.9 Å². The molecule has 0 N–H and O–H groups in total. The zero-order valence-electron chi connectivity index (χ0n) is 16.9. The molecule has 9 heteroatoms. The highest BCUT2D eigenvalue weighted by Gasteiger charge is 2.39. The minimum atomic E-state index is -4.95. The molecule has 4 rings (SSSR count). The number of esters is 1. The lowest BCUT2D eigenvalue weighted by atomic mass is 10.0. The van der Waals surface area contributed by atoms with Crippen molar-refractivity contribution in [2.45, 2.75) is 6.18 Å². The molecule has 0 saturated carbocycles. The Bertz CT molecular complexity index is 1410. The molecular formula is C24H14ClF3O5. The van der Waals surface area contributed by atoms with Crippen LogP contribution in [0.1, 0.15) is 16.1 Å². The summed E-state index contributed by atoms with van der Waals surface area (Å²) in [6, 6.07) is 15.3. The molecule has 3 aromatic carbocycles. The fourth-order valence-electron chi connectivity index (χ4n) is 3.29. The minimum Gasteiger partial charge on any atom is -0.496 e. The SMILES string of the molecule is COc1ccccc1C(=O)Oc1ccc2c(=O)c(-c3ccc(Cl)cc3)c(C(F)(F)F)oc2c1. The average Bonchev–Trinajstić information content (AvgIpc) is 2.79. The molecule has 0 saturated heterocycles.